The normalized spacial score (nSPS) is 20.6. The van der Waals surface area contributed by atoms with Crippen molar-refractivity contribution < 1.29 is 18.3 Å². The van der Waals surface area contributed by atoms with Crippen LogP contribution in [0.1, 0.15) is 60.6 Å². The molecular formula is C29H37F2N5O2. The number of fused-ring (bicyclic) bond motifs is 2. The lowest BCUT2D eigenvalue weighted by Gasteiger charge is -2.30. The largest absolute Gasteiger partial charge is 0.471 e. The van der Waals surface area contributed by atoms with Crippen molar-refractivity contribution >= 4 is 16.8 Å². The van der Waals surface area contributed by atoms with Crippen molar-refractivity contribution in [2.45, 2.75) is 63.8 Å². The number of halogens is 2. The molecule has 5 rings (SSSR count). The number of aryl methyl sites for hydroxylation is 1. The van der Waals surface area contributed by atoms with Crippen molar-refractivity contribution in [3.05, 3.63) is 53.3 Å². The lowest BCUT2D eigenvalue weighted by molar-refractivity contribution is -0.0243. The molecule has 1 N–H and O–H groups in total. The minimum Gasteiger partial charge on any atom is -0.471 e. The van der Waals surface area contributed by atoms with Crippen LogP contribution in [0.5, 0.6) is 5.88 Å². The highest BCUT2D eigenvalue weighted by Gasteiger charge is 2.25. The second-order valence-electron chi connectivity index (χ2n) is 11.0. The number of pyridine rings is 1. The maximum atomic E-state index is 13.1. The summed E-state index contributed by atoms with van der Waals surface area (Å²) >= 11 is 0. The first-order chi connectivity index (χ1) is 18.2. The number of carbonyl (C=O) groups is 1. The van der Waals surface area contributed by atoms with Gasteiger partial charge in [0.25, 0.3) is 11.8 Å². The average molecular weight is 526 g/mol. The number of ether oxygens (including phenoxy) is 1. The van der Waals surface area contributed by atoms with Crippen LogP contribution in [-0.4, -0.2) is 63.8 Å². The van der Waals surface area contributed by atoms with Gasteiger partial charge >= 0.3 is 0 Å². The fraction of sp³-hybridized carbons (Fsp3) is 0.552. The molecule has 38 heavy (non-hydrogen) atoms. The smallest absolute Gasteiger partial charge is 0.278 e. The summed E-state index contributed by atoms with van der Waals surface area (Å²) in [7, 11) is 1.87. The Morgan fingerprint density at radius 2 is 1.92 bits per heavy atom. The first kappa shape index (κ1) is 26.5. The summed E-state index contributed by atoms with van der Waals surface area (Å²) in [6, 6.07) is 9.58. The van der Waals surface area contributed by atoms with Crippen molar-refractivity contribution in [2.75, 3.05) is 26.2 Å². The minimum atomic E-state index is -2.87. The molecule has 204 valence electrons. The lowest BCUT2D eigenvalue weighted by Crippen LogP contribution is -2.38. The zero-order valence-corrected chi connectivity index (χ0v) is 22.3. The van der Waals surface area contributed by atoms with Crippen LogP contribution < -0.4 is 10.1 Å². The standard InChI is InChI=1S/C29H37F2N5O2/c1-29(30,31)19-38-27-11-8-21-13-16-36(17-14-25(21)33-27)15-12-20-6-9-22(10-7-20)32-28(37)23-4-3-5-26-24(23)18-35(2)34-26/h3-5,8,11,18,20,22H,6-7,9-10,12-17,19H2,1-2H3,(H,32,37)/t20-,22-. The second kappa shape index (κ2) is 11.4. The number of amides is 1. The Kier molecular flexibility index (Phi) is 7.93. The molecule has 1 aliphatic heterocycles. The SMILES string of the molecule is Cn1cc2c(C(=O)N[C@H]3CC[C@H](CCN4CCc5ccc(OCC(C)(F)F)nc5CC4)CC3)cccc2n1. The highest BCUT2D eigenvalue weighted by atomic mass is 19.3. The Balaban J connectivity index is 1.06. The number of nitrogens with one attached hydrogen (secondary N) is 1. The van der Waals surface area contributed by atoms with Gasteiger partial charge in [0, 0.05) is 62.9 Å². The molecule has 1 aliphatic carbocycles. The summed E-state index contributed by atoms with van der Waals surface area (Å²) < 4.78 is 33.2. The molecule has 1 aromatic carbocycles. The predicted molar refractivity (Wildman–Crippen MR) is 143 cm³/mol. The first-order valence-corrected chi connectivity index (χ1v) is 13.7. The fourth-order valence-electron chi connectivity index (χ4n) is 5.70. The van der Waals surface area contributed by atoms with E-state index in [-0.39, 0.29) is 17.8 Å². The van der Waals surface area contributed by atoms with Gasteiger partial charge in [0.2, 0.25) is 5.88 Å². The third kappa shape index (κ3) is 6.67. The molecule has 9 heteroatoms. The molecule has 0 saturated heterocycles. The van der Waals surface area contributed by atoms with Crippen LogP contribution in [0.4, 0.5) is 8.78 Å². The molecule has 0 atom stereocenters. The molecule has 1 saturated carbocycles. The number of hydrogen-bond acceptors (Lipinski definition) is 5. The van der Waals surface area contributed by atoms with Crippen LogP contribution in [0.3, 0.4) is 0 Å². The van der Waals surface area contributed by atoms with Gasteiger partial charge in [-0.15, -0.1) is 0 Å². The van der Waals surface area contributed by atoms with Gasteiger partial charge in [-0.1, -0.05) is 12.1 Å². The number of alkyl halides is 2. The summed E-state index contributed by atoms with van der Waals surface area (Å²) in [5.41, 5.74) is 3.67. The predicted octanol–water partition coefficient (Wildman–Crippen LogP) is 4.78. The third-order valence-electron chi connectivity index (χ3n) is 7.82. The fourth-order valence-corrected chi connectivity index (χ4v) is 5.70. The van der Waals surface area contributed by atoms with E-state index in [9.17, 15) is 13.6 Å². The van der Waals surface area contributed by atoms with Gasteiger partial charge in [0.1, 0.15) is 0 Å². The van der Waals surface area contributed by atoms with Crippen LogP contribution >= 0.6 is 0 Å². The van der Waals surface area contributed by atoms with Gasteiger partial charge in [-0.2, -0.15) is 5.10 Å². The van der Waals surface area contributed by atoms with Crippen LogP contribution in [0.15, 0.2) is 36.5 Å². The third-order valence-corrected chi connectivity index (χ3v) is 7.82. The Labute approximate surface area is 222 Å². The van der Waals surface area contributed by atoms with Gasteiger partial charge in [0.15, 0.2) is 6.61 Å². The Morgan fingerprint density at radius 1 is 1.13 bits per heavy atom. The molecule has 0 spiro atoms. The molecule has 7 nitrogen and oxygen atoms in total. The maximum Gasteiger partial charge on any atom is 0.278 e. The van der Waals surface area contributed by atoms with Crippen LogP contribution in [0.2, 0.25) is 0 Å². The molecular weight excluding hydrogens is 488 g/mol. The van der Waals surface area contributed by atoms with Crippen molar-refractivity contribution in [2.24, 2.45) is 13.0 Å². The summed E-state index contributed by atoms with van der Waals surface area (Å²) in [4.78, 5) is 20.0. The molecule has 1 amide bonds. The van der Waals surface area contributed by atoms with Crippen LogP contribution in [0, 0.1) is 5.92 Å². The lowest BCUT2D eigenvalue weighted by atomic mass is 9.84. The van der Waals surface area contributed by atoms with E-state index in [0.717, 1.165) is 88.1 Å². The number of benzene rings is 1. The Hall–Kier alpha value is -3.07. The molecule has 2 aliphatic rings. The van der Waals surface area contributed by atoms with E-state index in [0.29, 0.717) is 11.5 Å². The quantitative estimate of drug-likeness (QED) is 0.458. The van der Waals surface area contributed by atoms with Crippen LogP contribution in [-0.2, 0) is 19.9 Å². The van der Waals surface area contributed by atoms with Gasteiger partial charge in [-0.25, -0.2) is 13.8 Å². The Bertz CT molecular complexity index is 1260. The van der Waals surface area contributed by atoms with Crippen molar-refractivity contribution in [1.29, 1.82) is 0 Å². The zero-order chi connectivity index (χ0) is 26.7. The van der Waals surface area contributed by atoms with Crippen molar-refractivity contribution in [3.8, 4) is 5.88 Å². The van der Waals surface area contributed by atoms with Gasteiger partial charge in [-0.3, -0.25) is 9.48 Å². The molecule has 0 bridgehead atoms. The van der Waals surface area contributed by atoms with Gasteiger partial charge in [0.05, 0.1) is 11.1 Å². The zero-order valence-electron chi connectivity index (χ0n) is 22.3. The number of carbonyl (C=O) groups excluding carboxylic acids is 1. The van der Waals surface area contributed by atoms with E-state index < -0.39 is 12.5 Å². The molecule has 0 radical (unpaired) electrons. The average Bonchev–Trinajstić information content (AvgIpc) is 3.16. The summed E-state index contributed by atoms with van der Waals surface area (Å²) in [5, 5.41) is 8.56. The summed E-state index contributed by atoms with van der Waals surface area (Å²) in [6.45, 7) is 3.13. The minimum absolute atomic E-state index is 0.0123. The highest BCUT2D eigenvalue weighted by molar-refractivity contribution is 6.06. The van der Waals surface area contributed by atoms with E-state index in [4.69, 9.17) is 4.74 Å². The van der Waals surface area contributed by atoms with Gasteiger partial charge < -0.3 is 15.0 Å². The highest BCUT2D eigenvalue weighted by Crippen LogP contribution is 2.28. The topological polar surface area (TPSA) is 72.3 Å². The molecule has 2 aromatic heterocycles. The van der Waals surface area contributed by atoms with E-state index >= 15 is 0 Å². The van der Waals surface area contributed by atoms with E-state index in [2.05, 4.69) is 20.3 Å². The van der Waals surface area contributed by atoms with E-state index in [1.807, 2.05) is 37.5 Å². The van der Waals surface area contributed by atoms with Crippen molar-refractivity contribution in [3.63, 3.8) is 0 Å². The van der Waals surface area contributed by atoms with Gasteiger partial charge in [-0.05, 0) is 68.7 Å². The van der Waals surface area contributed by atoms with E-state index in [1.165, 1.54) is 5.56 Å². The summed E-state index contributed by atoms with van der Waals surface area (Å²) in [6.07, 6.45) is 9.04. The van der Waals surface area contributed by atoms with Crippen LogP contribution in [0.25, 0.3) is 10.9 Å². The molecule has 1 fully saturated rings. The number of hydrogen-bond donors (Lipinski definition) is 1. The van der Waals surface area contributed by atoms with E-state index in [1.54, 1.807) is 10.7 Å². The second-order valence-corrected chi connectivity index (χ2v) is 11.0. The maximum absolute atomic E-state index is 13.1. The monoisotopic (exact) mass is 525 g/mol. The number of aromatic nitrogens is 3. The number of nitrogens with zero attached hydrogens (tertiary/aromatic N) is 4. The molecule has 0 unspecified atom stereocenters. The molecule has 3 heterocycles. The first-order valence-electron chi connectivity index (χ1n) is 13.7. The number of rotatable bonds is 8. The van der Waals surface area contributed by atoms with Crippen molar-refractivity contribution in [1.82, 2.24) is 25.0 Å². The molecule has 3 aromatic rings. The summed E-state index contributed by atoms with van der Waals surface area (Å²) in [5.74, 6) is -1.93. The Morgan fingerprint density at radius 3 is 2.71 bits per heavy atom.